The quantitative estimate of drug-likeness (QED) is 0.841. The Morgan fingerprint density at radius 2 is 1.85 bits per heavy atom. The normalized spacial score (nSPS) is 17.5. The Bertz CT molecular complexity index is 432. The van der Waals surface area contributed by atoms with E-state index in [1.165, 1.54) is 6.42 Å². The van der Waals surface area contributed by atoms with Crippen molar-refractivity contribution in [2.75, 3.05) is 13.2 Å². The van der Waals surface area contributed by atoms with Gasteiger partial charge in [-0.2, -0.15) is 0 Å². The van der Waals surface area contributed by atoms with E-state index in [1.54, 1.807) is 31.2 Å². The molecule has 0 aliphatic heterocycles. The fourth-order valence-electron chi connectivity index (χ4n) is 2.47. The van der Waals surface area contributed by atoms with Crippen LogP contribution in [0.25, 0.3) is 0 Å². The van der Waals surface area contributed by atoms with Crippen molar-refractivity contribution in [1.29, 1.82) is 0 Å². The minimum Gasteiger partial charge on any atom is -0.491 e. The molecule has 0 amide bonds. The molecule has 1 aliphatic rings. The molecule has 4 nitrogen and oxygen atoms in total. The molecule has 0 atom stereocenters. The number of hydrogen-bond acceptors (Lipinski definition) is 4. The first-order valence-electron chi connectivity index (χ1n) is 7.25. The Hall–Kier alpha value is -1.55. The summed E-state index contributed by atoms with van der Waals surface area (Å²) in [6.07, 6.45) is 4.90. The summed E-state index contributed by atoms with van der Waals surface area (Å²) in [6.45, 7) is 2.45. The lowest BCUT2D eigenvalue weighted by molar-refractivity contribution is -0.0339. The molecule has 0 unspecified atom stereocenters. The maximum atomic E-state index is 11.5. The third-order valence-corrected chi connectivity index (χ3v) is 3.66. The Balaban J connectivity index is 1.89. The van der Waals surface area contributed by atoms with Crippen LogP contribution in [0.3, 0.4) is 0 Å². The Kier molecular flexibility index (Phi) is 5.01. The lowest BCUT2D eigenvalue weighted by Crippen LogP contribution is -2.37. The van der Waals surface area contributed by atoms with Gasteiger partial charge in [0.2, 0.25) is 0 Å². The summed E-state index contributed by atoms with van der Waals surface area (Å²) in [4.78, 5) is 11.5. The number of ether oxygens (including phenoxy) is 2. The zero-order valence-electron chi connectivity index (χ0n) is 11.9. The van der Waals surface area contributed by atoms with Crippen LogP contribution in [0.2, 0.25) is 0 Å². The Morgan fingerprint density at radius 1 is 1.20 bits per heavy atom. The molecular weight excluding hydrogens is 256 g/mol. The number of carbonyl (C=O) groups excluding carboxylic acids is 1. The lowest BCUT2D eigenvalue weighted by Gasteiger charge is -2.31. The van der Waals surface area contributed by atoms with Crippen LogP contribution in [0.5, 0.6) is 5.75 Å². The van der Waals surface area contributed by atoms with Crippen molar-refractivity contribution in [1.82, 2.24) is 0 Å². The third-order valence-electron chi connectivity index (χ3n) is 3.66. The fourth-order valence-corrected chi connectivity index (χ4v) is 2.47. The molecule has 1 N–H and O–H groups in total. The van der Waals surface area contributed by atoms with Gasteiger partial charge < -0.3 is 14.6 Å². The molecule has 4 heteroatoms. The first kappa shape index (κ1) is 14.9. The molecule has 0 aromatic heterocycles. The van der Waals surface area contributed by atoms with Gasteiger partial charge in [0.15, 0.2) is 0 Å². The molecule has 1 aromatic carbocycles. The maximum Gasteiger partial charge on any atom is 0.338 e. The molecule has 1 aromatic rings. The van der Waals surface area contributed by atoms with Gasteiger partial charge in [-0.3, -0.25) is 0 Å². The minimum atomic E-state index is -0.696. The van der Waals surface area contributed by atoms with Crippen LogP contribution in [0.4, 0.5) is 0 Å². The molecular formula is C16H22O4. The highest BCUT2D eigenvalue weighted by Crippen LogP contribution is 2.28. The van der Waals surface area contributed by atoms with Crippen LogP contribution >= 0.6 is 0 Å². The van der Waals surface area contributed by atoms with Gasteiger partial charge in [0, 0.05) is 0 Å². The van der Waals surface area contributed by atoms with E-state index in [1.807, 2.05) is 0 Å². The summed E-state index contributed by atoms with van der Waals surface area (Å²) >= 11 is 0. The number of benzene rings is 1. The summed E-state index contributed by atoms with van der Waals surface area (Å²) in [6, 6.07) is 6.83. The van der Waals surface area contributed by atoms with Gasteiger partial charge in [0.25, 0.3) is 0 Å². The second-order valence-electron chi connectivity index (χ2n) is 5.32. The summed E-state index contributed by atoms with van der Waals surface area (Å²) < 4.78 is 10.6. The highest BCUT2D eigenvalue weighted by molar-refractivity contribution is 5.89. The van der Waals surface area contributed by atoms with Gasteiger partial charge in [0.05, 0.1) is 17.8 Å². The van der Waals surface area contributed by atoms with Crippen molar-refractivity contribution in [3.05, 3.63) is 29.8 Å². The van der Waals surface area contributed by atoms with Gasteiger partial charge >= 0.3 is 5.97 Å². The Labute approximate surface area is 119 Å². The summed E-state index contributed by atoms with van der Waals surface area (Å²) in [5, 5.41) is 10.3. The standard InChI is InChI=1S/C16H22O4/c1-2-19-15(17)13-6-8-14(9-7-13)20-12-16(18)10-4-3-5-11-16/h6-9,18H,2-5,10-12H2,1H3. The van der Waals surface area contributed by atoms with Gasteiger partial charge in [-0.25, -0.2) is 4.79 Å². The van der Waals surface area contributed by atoms with E-state index >= 15 is 0 Å². The van der Waals surface area contributed by atoms with E-state index in [9.17, 15) is 9.90 Å². The molecule has 0 heterocycles. The average Bonchev–Trinajstić information content (AvgIpc) is 2.47. The van der Waals surface area contributed by atoms with Crippen LogP contribution < -0.4 is 4.74 Å². The number of hydrogen-bond donors (Lipinski definition) is 1. The topological polar surface area (TPSA) is 55.8 Å². The van der Waals surface area contributed by atoms with Crippen LogP contribution in [-0.4, -0.2) is 29.9 Å². The Morgan fingerprint density at radius 3 is 2.45 bits per heavy atom. The number of esters is 1. The molecule has 20 heavy (non-hydrogen) atoms. The van der Waals surface area contributed by atoms with Crippen molar-refractivity contribution in [3.8, 4) is 5.75 Å². The summed E-state index contributed by atoms with van der Waals surface area (Å²) in [7, 11) is 0. The van der Waals surface area contributed by atoms with E-state index in [2.05, 4.69) is 0 Å². The van der Waals surface area contributed by atoms with Gasteiger partial charge in [-0.1, -0.05) is 19.3 Å². The van der Waals surface area contributed by atoms with E-state index in [4.69, 9.17) is 9.47 Å². The van der Waals surface area contributed by atoms with Crippen LogP contribution in [0, 0.1) is 0 Å². The van der Waals surface area contributed by atoms with Crippen molar-refractivity contribution in [2.45, 2.75) is 44.6 Å². The molecule has 0 radical (unpaired) electrons. The minimum absolute atomic E-state index is 0.311. The van der Waals surface area contributed by atoms with Crippen LogP contribution in [0.1, 0.15) is 49.4 Å². The first-order valence-corrected chi connectivity index (χ1v) is 7.25. The highest BCUT2D eigenvalue weighted by Gasteiger charge is 2.29. The maximum absolute atomic E-state index is 11.5. The summed E-state index contributed by atoms with van der Waals surface area (Å²) in [5.74, 6) is 0.335. The van der Waals surface area contributed by atoms with Gasteiger partial charge in [-0.15, -0.1) is 0 Å². The molecule has 1 saturated carbocycles. The first-order chi connectivity index (χ1) is 9.63. The molecule has 2 rings (SSSR count). The fraction of sp³-hybridized carbons (Fsp3) is 0.562. The molecule has 0 bridgehead atoms. The zero-order valence-corrected chi connectivity index (χ0v) is 11.9. The molecule has 0 saturated heterocycles. The van der Waals surface area contributed by atoms with E-state index in [0.717, 1.165) is 25.7 Å². The van der Waals surface area contributed by atoms with E-state index in [0.29, 0.717) is 24.5 Å². The van der Waals surface area contributed by atoms with Crippen LogP contribution in [-0.2, 0) is 4.74 Å². The number of carbonyl (C=O) groups is 1. The lowest BCUT2D eigenvalue weighted by atomic mass is 9.85. The van der Waals surface area contributed by atoms with Crippen molar-refractivity contribution < 1.29 is 19.4 Å². The van der Waals surface area contributed by atoms with Gasteiger partial charge in [0.1, 0.15) is 12.4 Å². The SMILES string of the molecule is CCOC(=O)c1ccc(OCC2(O)CCCCC2)cc1. The second kappa shape index (κ2) is 6.75. The average molecular weight is 278 g/mol. The van der Waals surface area contributed by atoms with E-state index in [-0.39, 0.29) is 5.97 Å². The predicted molar refractivity (Wildman–Crippen MR) is 75.9 cm³/mol. The van der Waals surface area contributed by atoms with Crippen LogP contribution in [0.15, 0.2) is 24.3 Å². The molecule has 1 aliphatic carbocycles. The summed E-state index contributed by atoms with van der Waals surface area (Å²) in [5.41, 5.74) is -0.187. The second-order valence-corrected chi connectivity index (χ2v) is 5.32. The molecule has 1 fully saturated rings. The monoisotopic (exact) mass is 278 g/mol. The van der Waals surface area contributed by atoms with Crippen molar-refractivity contribution in [3.63, 3.8) is 0 Å². The largest absolute Gasteiger partial charge is 0.491 e. The molecule has 110 valence electrons. The van der Waals surface area contributed by atoms with Crippen molar-refractivity contribution >= 4 is 5.97 Å². The smallest absolute Gasteiger partial charge is 0.338 e. The number of aliphatic hydroxyl groups is 1. The highest BCUT2D eigenvalue weighted by atomic mass is 16.5. The molecule has 0 spiro atoms. The van der Waals surface area contributed by atoms with Crippen molar-refractivity contribution in [2.24, 2.45) is 0 Å². The van der Waals surface area contributed by atoms with Gasteiger partial charge in [-0.05, 0) is 44.0 Å². The third kappa shape index (κ3) is 3.97. The van der Waals surface area contributed by atoms with E-state index < -0.39 is 5.60 Å². The number of rotatable bonds is 5. The zero-order chi connectivity index (χ0) is 14.4. The predicted octanol–water partition coefficient (Wildman–Crippen LogP) is 2.94.